The summed E-state index contributed by atoms with van der Waals surface area (Å²) in [5.41, 5.74) is 8.13. The monoisotopic (exact) mass is 333 g/mol. The van der Waals surface area contributed by atoms with Gasteiger partial charge in [-0.1, -0.05) is 80.6 Å². The molecule has 4 aromatic carbocycles. The van der Waals surface area contributed by atoms with Crippen molar-refractivity contribution in [1.82, 2.24) is 4.98 Å². The molecule has 0 radical (unpaired) electrons. The molecule has 6 rings (SSSR count). The average molecular weight is 333 g/mol. The van der Waals surface area contributed by atoms with E-state index in [-0.39, 0.29) is 5.41 Å². The number of nitrogens with one attached hydrogen (secondary N) is 1. The highest BCUT2D eigenvalue weighted by atomic mass is 14.7. The average Bonchev–Trinajstić information content (AvgIpc) is 3.16. The summed E-state index contributed by atoms with van der Waals surface area (Å²) in [4.78, 5) is 3.72. The van der Waals surface area contributed by atoms with Gasteiger partial charge in [-0.2, -0.15) is 0 Å². The Morgan fingerprint density at radius 2 is 1.50 bits per heavy atom. The van der Waals surface area contributed by atoms with Crippen LogP contribution in [-0.4, -0.2) is 4.98 Å². The highest BCUT2D eigenvalue weighted by Crippen LogP contribution is 2.52. The Morgan fingerprint density at radius 3 is 2.42 bits per heavy atom. The summed E-state index contributed by atoms with van der Waals surface area (Å²) in [5.74, 6) is 0. The summed E-state index contributed by atoms with van der Waals surface area (Å²) in [6.45, 7) is 4.72. The van der Waals surface area contributed by atoms with Crippen LogP contribution in [0.2, 0.25) is 0 Å². The number of aromatic nitrogens is 1. The fourth-order valence-corrected chi connectivity index (χ4v) is 5.01. The van der Waals surface area contributed by atoms with Crippen molar-refractivity contribution in [1.29, 1.82) is 0 Å². The highest BCUT2D eigenvalue weighted by molar-refractivity contribution is 6.19. The van der Waals surface area contributed by atoms with Crippen LogP contribution in [0, 0.1) is 0 Å². The third-order valence-electron chi connectivity index (χ3n) is 6.18. The summed E-state index contributed by atoms with van der Waals surface area (Å²) in [6, 6.07) is 26.6. The third kappa shape index (κ3) is 1.56. The van der Waals surface area contributed by atoms with E-state index in [1.165, 1.54) is 54.8 Å². The molecule has 0 unspecified atom stereocenters. The van der Waals surface area contributed by atoms with Gasteiger partial charge in [0.25, 0.3) is 0 Å². The van der Waals surface area contributed by atoms with Crippen molar-refractivity contribution in [2.45, 2.75) is 19.3 Å². The number of benzene rings is 4. The van der Waals surface area contributed by atoms with E-state index in [4.69, 9.17) is 0 Å². The van der Waals surface area contributed by atoms with E-state index in [0.717, 1.165) is 0 Å². The number of fused-ring (bicyclic) bond motifs is 9. The van der Waals surface area contributed by atoms with E-state index >= 15 is 0 Å². The van der Waals surface area contributed by atoms with Gasteiger partial charge in [0.2, 0.25) is 0 Å². The molecule has 1 nitrogen and oxygen atoms in total. The molecule has 0 saturated heterocycles. The summed E-state index contributed by atoms with van der Waals surface area (Å²) < 4.78 is 0. The van der Waals surface area contributed by atoms with E-state index in [0.29, 0.717) is 0 Å². The lowest BCUT2D eigenvalue weighted by atomic mass is 9.80. The first-order valence-corrected chi connectivity index (χ1v) is 9.23. The first kappa shape index (κ1) is 14.1. The Bertz CT molecular complexity index is 1350. The van der Waals surface area contributed by atoms with Gasteiger partial charge in [-0.25, -0.2) is 0 Å². The third-order valence-corrected chi connectivity index (χ3v) is 6.18. The summed E-state index contributed by atoms with van der Waals surface area (Å²) in [5, 5.41) is 5.29. The molecule has 1 heteroatoms. The maximum atomic E-state index is 3.72. The summed E-state index contributed by atoms with van der Waals surface area (Å²) >= 11 is 0. The van der Waals surface area contributed by atoms with Crippen molar-refractivity contribution in [2.75, 3.05) is 0 Å². The van der Waals surface area contributed by atoms with Gasteiger partial charge < -0.3 is 4.98 Å². The van der Waals surface area contributed by atoms with Gasteiger partial charge in [0.15, 0.2) is 0 Å². The molecule has 0 amide bonds. The second kappa shape index (κ2) is 4.56. The Morgan fingerprint density at radius 1 is 0.692 bits per heavy atom. The van der Waals surface area contributed by atoms with Gasteiger partial charge in [-0.05, 0) is 33.7 Å². The number of rotatable bonds is 0. The molecule has 26 heavy (non-hydrogen) atoms. The normalized spacial score (nSPS) is 14.8. The van der Waals surface area contributed by atoms with Crippen LogP contribution >= 0.6 is 0 Å². The topological polar surface area (TPSA) is 15.8 Å². The lowest BCUT2D eigenvalue weighted by Gasteiger charge is -2.22. The van der Waals surface area contributed by atoms with Crippen LogP contribution in [0.25, 0.3) is 43.7 Å². The Labute approximate surface area is 152 Å². The van der Waals surface area contributed by atoms with Crippen LogP contribution < -0.4 is 0 Å². The maximum Gasteiger partial charge on any atom is 0.0544 e. The SMILES string of the molecule is CC1(C)c2ccccc2-c2ccc3[nH]c4c5ccccc5ccc4c3c21. The summed E-state index contributed by atoms with van der Waals surface area (Å²) in [7, 11) is 0. The molecular formula is C25H19N. The lowest BCUT2D eigenvalue weighted by Crippen LogP contribution is -2.15. The molecule has 1 aliphatic rings. The zero-order valence-electron chi connectivity index (χ0n) is 14.9. The number of hydrogen-bond acceptors (Lipinski definition) is 0. The van der Waals surface area contributed by atoms with E-state index in [9.17, 15) is 0 Å². The van der Waals surface area contributed by atoms with Gasteiger partial charge >= 0.3 is 0 Å². The lowest BCUT2D eigenvalue weighted by molar-refractivity contribution is 0.666. The van der Waals surface area contributed by atoms with Crippen molar-refractivity contribution < 1.29 is 0 Å². The number of H-pyrrole nitrogens is 1. The second-order valence-corrected chi connectivity index (χ2v) is 7.92. The van der Waals surface area contributed by atoms with Crippen molar-refractivity contribution in [3.8, 4) is 11.1 Å². The second-order valence-electron chi connectivity index (χ2n) is 7.92. The van der Waals surface area contributed by atoms with Crippen LogP contribution in [0.4, 0.5) is 0 Å². The number of aromatic amines is 1. The van der Waals surface area contributed by atoms with E-state index in [2.05, 4.69) is 91.6 Å². The molecule has 1 aliphatic carbocycles. The first-order chi connectivity index (χ1) is 12.7. The zero-order chi connectivity index (χ0) is 17.5. The molecule has 0 saturated carbocycles. The first-order valence-electron chi connectivity index (χ1n) is 9.23. The largest absolute Gasteiger partial charge is 0.354 e. The Kier molecular flexibility index (Phi) is 2.48. The highest BCUT2D eigenvalue weighted by Gasteiger charge is 2.37. The number of hydrogen-bond donors (Lipinski definition) is 1. The van der Waals surface area contributed by atoms with E-state index in [1.807, 2.05) is 0 Å². The van der Waals surface area contributed by atoms with Gasteiger partial charge in [0.1, 0.15) is 0 Å². The Balaban J connectivity index is 1.84. The van der Waals surface area contributed by atoms with E-state index in [1.54, 1.807) is 0 Å². The smallest absolute Gasteiger partial charge is 0.0544 e. The minimum absolute atomic E-state index is 0.00616. The van der Waals surface area contributed by atoms with Crippen molar-refractivity contribution in [2.24, 2.45) is 0 Å². The minimum Gasteiger partial charge on any atom is -0.354 e. The minimum atomic E-state index is 0.00616. The zero-order valence-corrected chi connectivity index (χ0v) is 14.9. The molecule has 0 atom stereocenters. The molecule has 1 aromatic heterocycles. The van der Waals surface area contributed by atoms with Crippen LogP contribution in [-0.2, 0) is 5.41 Å². The molecule has 0 bridgehead atoms. The van der Waals surface area contributed by atoms with E-state index < -0.39 is 0 Å². The molecule has 0 aliphatic heterocycles. The van der Waals surface area contributed by atoms with Gasteiger partial charge in [0, 0.05) is 27.1 Å². The molecule has 124 valence electrons. The maximum absolute atomic E-state index is 3.72. The standard InChI is InChI=1S/C25H19N/c1-25(2)20-10-6-5-9-17(20)18-13-14-21-22(23(18)25)19-12-11-15-7-3-4-8-16(15)24(19)26-21/h3-14,26H,1-2H3. The van der Waals surface area contributed by atoms with Crippen molar-refractivity contribution >= 4 is 32.6 Å². The quantitative estimate of drug-likeness (QED) is 0.321. The Hall–Kier alpha value is -3.06. The van der Waals surface area contributed by atoms with Crippen molar-refractivity contribution in [3.63, 3.8) is 0 Å². The van der Waals surface area contributed by atoms with Crippen LogP contribution in [0.1, 0.15) is 25.0 Å². The molecular weight excluding hydrogens is 314 g/mol. The molecule has 0 spiro atoms. The molecule has 0 fully saturated rings. The van der Waals surface area contributed by atoms with Gasteiger partial charge in [-0.3, -0.25) is 0 Å². The fourth-order valence-electron chi connectivity index (χ4n) is 5.01. The van der Waals surface area contributed by atoms with Crippen molar-refractivity contribution in [3.05, 3.63) is 83.9 Å². The molecule has 1 heterocycles. The van der Waals surface area contributed by atoms with Gasteiger partial charge in [-0.15, -0.1) is 0 Å². The molecule has 5 aromatic rings. The van der Waals surface area contributed by atoms with Crippen LogP contribution in [0.15, 0.2) is 72.8 Å². The fraction of sp³-hybridized carbons (Fsp3) is 0.120. The predicted molar refractivity (Wildman–Crippen MR) is 111 cm³/mol. The predicted octanol–water partition coefficient (Wildman–Crippen LogP) is 6.78. The van der Waals surface area contributed by atoms with Crippen LogP contribution in [0.5, 0.6) is 0 Å². The van der Waals surface area contributed by atoms with Crippen LogP contribution in [0.3, 0.4) is 0 Å². The molecule has 1 N–H and O–H groups in total. The summed E-state index contributed by atoms with van der Waals surface area (Å²) in [6.07, 6.45) is 0. The van der Waals surface area contributed by atoms with Gasteiger partial charge in [0.05, 0.1) is 5.52 Å².